The van der Waals surface area contributed by atoms with Crippen LogP contribution in [-0.4, -0.2) is 34.7 Å². The molecule has 0 spiro atoms. The van der Waals surface area contributed by atoms with E-state index in [1.54, 1.807) is 39.3 Å². The van der Waals surface area contributed by atoms with E-state index in [4.69, 9.17) is 0 Å². The summed E-state index contributed by atoms with van der Waals surface area (Å²) in [5.41, 5.74) is 3.66. The van der Waals surface area contributed by atoms with Crippen LogP contribution in [0.4, 0.5) is 4.39 Å². The van der Waals surface area contributed by atoms with Crippen LogP contribution in [0.25, 0.3) is 0 Å². The van der Waals surface area contributed by atoms with Gasteiger partial charge >= 0.3 is 0 Å². The fourth-order valence-corrected chi connectivity index (χ4v) is 5.31. The van der Waals surface area contributed by atoms with Crippen molar-refractivity contribution in [2.24, 2.45) is 0 Å². The summed E-state index contributed by atoms with van der Waals surface area (Å²) in [6.07, 6.45) is 1.64. The van der Waals surface area contributed by atoms with Gasteiger partial charge in [-0.1, -0.05) is 78.9 Å². The fraction of sp³-hybridized carbons (Fsp3) is 0.188. The molecule has 4 rings (SSSR count). The molecule has 3 aromatic carbocycles. The summed E-state index contributed by atoms with van der Waals surface area (Å²) >= 11 is 1.59. The summed E-state index contributed by atoms with van der Waals surface area (Å²) in [5.74, 6) is -1.21. The molecule has 0 aliphatic carbocycles. The molecule has 194 valence electrons. The van der Waals surface area contributed by atoms with E-state index >= 15 is 0 Å². The fourth-order valence-electron chi connectivity index (χ4n) is 4.38. The van der Waals surface area contributed by atoms with Crippen LogP contribution in [0.2, 0.25) is 0 Å². The Morgan fingerprint density at radius 1 is 0.868 bits per heavy atom. The van der Waals surface area contributed by atoms with Crippen molar-refractivity contribution in [2.45, 2.75) is 25.9 Å². The van der Waals surface area contributed by atoms with Crippen LogP contribution in [0.5, 0.6) is 0 Å². The molecule has 0 unspecified atom stereocenters. The summed E-state index contributed by atoms with van der Waals surface area (Å²) in [5, 5.41) is 2.00. The highest BCUT2D eigenvalue weighted by Crippen LogP contribution is 2.27. The summed E-state index contributed by atoms with van der Waals surface area (Å²) in [7, 11) is 0. The summed E-state index contributed by atoms with van der Waals surface area (Å²) in [6.45, 7) is 6.73. The van der Waals surface area contributed by atoms with Gasteiger partial charge in [0.05, 0.1) is 12.5 Å². The first-order valence-electron chi connectivity index (χ1n) is 12.5. The Kier molecular flexibility index (Phi) is 9.22. The van der Waals surface area contributed by atoms with Crippen molar-refractivity contribution in [3.63, 3.8) is 0 Å². The molecule has 0 N–H and O–H groups in total. The van der Waals surface area contributed by atoms with Gasteiger partial charge in [0.25, 0.3) is 0 Å². The third-order valence-corrected chi connectivity index (χ3v) is 7.45. The van der Waals surface area contributed by atoms with Gasteiger partial charge in [-0.05, 0) is 52.8 Å². The van der Waals surface area contributed by atoms with Crippen LogP contribution in [0.3, 0.4) is 0 Å². The Labute approximate surface area is 227 Å². The second-order valence-corrected chi connectivity index (χ2v) is 10.2. The van der Waals surface area contributed by atoms with E-state index in [1.807, 2.05) is 79.0 Å². The van der Waals surface area contributed by atoms with Gasteiger partial charge in [-0.25, -0.2) is 4.39 Å². The van der Waals surface area contributed by atoms with E-state index < -0.39 is 5.92 Å². The number of amides is 2. The van der Waals surface area contributed by atoms with E-state index in [0.29, 0.717) is 13.1 Å². The molecule has 1 heterocycles. The van der Waals surface area contributed by atoms with Crippen molar-refractivity contribution in [1.29, 1.82) is 0 Å². The van der Waals surface area contributed by atoms with Crippen molar-refractivity contribution >= 4 is 23.2 Å². The largest absolute Gasteiger partial charge is 0.332 e. The molecule has 0 atom stereocenters. The van der Waals surface area contributed by atoms with Gasteiger partial charge in [0.2, 0.25) is 11.8 Å². The molecular weight excluding hydrogens is 495 g/mol. The molecule has 6 heteroatoms. The number of halogens is 1. The molecule has 0 fully saturated rings. The SMILES string of the molecule is C=CCN(CC(=O)N(Cc1ccc(F)cc1)Cc1sccc1C)C(=O)C(c1ccccc1)c1ccccc1. The van der Waals surface area contributed by atoms with E-state index in [-0.39, 0.29) is 30.7 Å². The second kappa shape index (κ2) is 13.0. The lowest BCUT2D eigenvalue weighted by Gasteiger charge is -2.30. The first-order chi connectivity index (χ1) is 18.5. The Morgan fingerprint density at radius 3 is 2.00 bits per heavy atom. The van der Waals surface area contributed by atoms with Crippen LogP contribution in [0, 0.1) is 12.7 Å². The molecule has 0 bridgehead atoms. The standard InChI is InChI=1S/C32H31FN2O2S/c1-3-19-34(32(37)31(26-10-6-4-7-11-26)27-12-8-5-9-13-27)23-30(36)35(22-29-24(2)18-20-38-29)21-25-14-16-28(33)17-15-25/h3-18,20,31H,1,19,21-23H2,2H3. The van der Waals surface area contributed by atoms with Gasteiger partial charge in [-0.15, -0.1) is 17.9 Å². The number of carbonyl (C=O) groups is 2. The van der Waals surface area contributed by atoms with Crippen LogP contribution < -0.4 is 0 Å². The Morgan fingerprint density at radius 2 is 1.47 bits per heavy atom. The number of hydrogen-bond donors (Lipinski definition) is 0. The Bertz CT molecular complexity index is 1310. The van der Waals surface area contributed by atoms with Gasteiger partial charge in [0.15, 0.2) is 0 Å². The topological polar surface area (TPSA) is 40.6 Å². The van der Waals surface area contributed by atoms with Crippen molar-refractivity contribution in [2.75, 3.05) is 13.1 Å². The molecule has 1 aromatic heterocycles. The minimum atomic E-state index is -0.546. The zero-order valence-corrected chi connectivity index (χ0v) is 22.2. The maximum absolute atomic E-state index is 14.0. The van der Waals surface area contributed by atoms with Crippen molar-refractivity contribution < 1.29 is 14.0 Å². The van der Waals surface area contributed by atoms with Crippen LogP contribution in [0.15, 0.2) is 109 Å². The average molecular weight is 527 g/mol. The van der Waals surface area contributed by atoms with Gasteiger partial charge in [-0.2, -0.15) is 0 Å². The molecule has 0 saturated heterocycles. The number of nitrogens with zero attached hydrogens (tertiary/aromatic N) is 2. The van der Waals surface area contributed by atoms with Gasteiger partial charge in [0.1, 0.15) is 12.4 Å². The minimum absolute atomic E-state index is 0.0906. The normalized spacial score (nSPS) is 10.8. The van der Waals surface area contributed by atoms with Gasteiger partial charge in [-0.3, -0.25) is 9.59 Å². The van der Waals surface area contributed by atoms with Crippen molar-refractivity contribution in [3.8, 4) is 0 Å². The summed E-state index contributed by atoms with van der Waals surface area (Å²) < 4.78 is 13.5. The zero-order valence-electron chi connectivity index (χ0n) is 21.4. The number of thiophene rings is 1. The third kappa shape index (κ3) is 6.84. The third-order valence-electron chi connectivity index (χ3n) is 6.44. The highest BCUT2D eigenvalue weighted by Gasteiger charge is 2.29. The van der Waals surface area contributed by atoms with E-state index in [1.165, 1.54) is 12.1 Å². The monoisotopic (exact) mass is 526 g/mol. The Hall–Kier alpha value is -4.03. The smallest absolute Gasteiger partial charge is 0.242 e. The molecule has 0 radical (unpaired) electrons. The lowest BCUT2D eigenvalue weighted by Crippen LogP contribution is -2.44. The predicted molar refractivity (Wildman–Crippen MR) is 151 cm³/mol. The maximum Gasteiger partial charge on any atom is 0.242 e. The van der Waals surface area contributed by atoms with Crippen molar-refractivity contribution in [3.05, 3.63) is 142 Å². The van der Waals surface area contributed by atoms with Crippen molar-refractivity contribution in [1.82, 2.24) is 9.80 Å². The van der Waals surface area contributed by atoms with E-state index in [0.717, 1.165) is 27.1 Å². The summed E-state index contributed by atoms with van der Waals surface area (Å²) in [6, 6.07) is 27.4. The van der Waals surface area contributed by atoms with Crippen LogP contribution >= 0.6 is 11.3 Å². The Balaban J connectivity index is 1.62. The lowest BCUT2D eigenvalue weighted by molar-refractivity contribution is -0.141. The molecule has 2 amide bonds. The predicted octanol–water partition coefficient (Wildman–Crippen LogP) is 6.57. The van der Waals surface area contributed by atoms with Gasteiger partial charge in [0, 0.05) is 18.0 Å². The van der Waals surface area contributed by atoms with E-state index in [9.17, 15) is 14.0 Å². The van der Waals surface area contributed by atoms with Crippen LogP contribution in [-0.2, 0) is 22.7 Å². The first-order valence-corrected chi connectivity index (χ1v) is 13.4. The lowest BCUT2D eigenvalue weighted by atomic mass is 9.90. The maximum atomic E-state index is 14.0. The first kappa shape index (κ1) is 27.0. The zero-order chi connectivity index (χ0) is 26.9. The highest BCUT2D eigenvalue weighted by atomic mass is 32.1. The minimum Gasteiger partial charge on any atom is -0.332 e. The summed E-state index contributed by atoms with van der Waals surface area (Å²) in [4.78, 5) is 32.2. The number of aryl methyl sites for hydroxylation is 1. The molecule has 0 aliphatic rings. The molecule has 38 heavy (non-hydrogen) atoms. The number of carbonyl (C=O) groups excluding carboxylic acids is 2. The highest BCUT2D eigenvalue weighted by molar-refractivity contribution is 7.10. The number of benzene rings is 3. The average Bonchev–Trinajstić information content (AvgIpc) is 3.34. The molecule has 0 aliphatic heterocycles. The second-order valence-electron chi connectivity index (χ2n) is 9.16. The number of hydrogen-bond acceptors (Lipinski definition) is 3. The van der Waals surface area contributed by atoms with E-state index in [2.05, 4.69) is 6.58 Å². The van der Waals surface area contributed by atoms with Gasteiger partial charge < -0.3 is 9.80 Å². The molecular formula is C32H31FN2O2S. The number of rotatable bonds is 11. The quantitative estimate of drug-likeness (QED) is 0.207. The van der Waals surface area contributed by atoms with Crippen LogP contribution in [0.1, 0.15) is 33.0 Å². The molecule has 4 aromatic rings. The molecule has 4 nitrogen and oxygen atoms in total. The molecule has 0 saturated carbocycles.